The van der Waals surface area contributed by atoms with Gasteiger partial charge in [0.1, 0.15) is 5.58 Å². The van der Waals surface area contributed by atoms with E-state index in [1.807, 2.05) is 0 Å². The molecule has 30 heavy (non-hydrogen) atoms. The van der Waals surface area contributed by atoms with Crippen molar-refractivity contribution in [2.24, 2.45) is 5.73 Å². The lowest BCUT2D eigenvalue weighted by Gasteiger charge is -2.34. The SMILES string of the molecule is NC(=O)c1ccc2oc(=O)cc(N3CCC(OCCOC4CCOCC4)CC3)c2c1. The minimum absolute atomic E-state index is 0.173. The van der Waals surface area contributed by atoms with Gasteiger partial charge in [0.05, 0.1) is 31.1 Å². The third-order valence-electron chi connectivity index (χ3n) is 5.75. The fraction of sp³-hybridized carbons (Fsp3) is 0.545. The maximum Gasteiger partial charge on any atom is 0.338 e. The molecular weight excluding hydrogens is 388 g/mol. The van der Waals surface area contributed by atoms with Crippen LogP contribution in [0.2, 0.25) is 0 Å². The Hall–Kier alpha value is -2.42. The summed E-state index contributed by atoms with van der Waals surface area (Å²) in [5.74, 6) is -0.510. The van der Waals surface area contributed by atoms with Crippen LogP contribution >= 0.6 is 0 Å². The first-order chi connectivity index (χ1) is 14.6. The van der Waals surface area contributed by atoms with E-state index in [1.165, 1.54) is 6.07 Å². The van der Waals surface area contributed by atoms with E-state index in [2.05, 4.69) is 4.90 Å². The van der Waals surface area contributed by atoms with Gasteiger partial charge in [-0.25, -0.2) is 4.79 Å². The van der Waals surface area contributed by atoms with E-state index in [4.69, 9.17) is 24.4 Å². The number of amides is 1. The number of fused-ring (bicyclic) bond motifs is 1. The number of benzene rings is 1. The van der Waals surface area contributed by atoms with Gasteiger partial charge in [0, 0.05) is 43.3 Å². The topological polar surface area (TPSA) is 104 Å². The number of nitrogens with two attached hydrogens (primary N) is 1. The average molecular weight is 416 g/mol. The molecule has 3 heterocycles. The molecule has 8 heteroatoms. The number of hydrogen-bond acceptors (Lipinski definition) is 7. The molecule has 2 aliphatic rings. The van der Waals surface area contributed by atoms with Crippen LogP contribution in [0.3, 0.4) is 0 Å². The molecule has 0 saturated carbocycles. The number of nitrogens with zero attached hydrogens (tertiary/aromatic N) is 1. The lowest BCUT2D eigenvalue weighted by atomic mass is 10.0. The zero-order valence-electron chi connectivity index (χ0n) is 17.0. The van der Waals surface area contributed by atoms with E-state index >= 15 is 0 Å². The van der Waals surface area contributed by atoms with Gasteiger partial charge in [0.2, 0.25) is 5.91 Å². The molecular formula is C22H28N2O6. The van der Waals surface area contributed by atoms with Crippen molar-refractivity contribution in [3.05, 3.63) is 40.2 Å². The molecule has 2 fully saturated rings. The Balaban J connectivity index is 1.33. The van der Waals surface area contributed by atoms with Crippen LogP contribution in [0, 0.1) is 0 Å². The van der Waals surface area contributed by atoms with E-state index < -0.39 is 11.5 Å². The number of piperidine rings is 1. The quantitative estimate of drug-likeness (QED) is 0.544. The van der Waals surface area contributed by atoms with E-state index in [0.717, 1.165) is 63.1 Å². The smallest absolute Gasteiger partial charge is 0.338 e. The highest BCUT2D eigenvalue weighted by Gasteiger charge is 2.23. The summed E-state index contributed by atoms with van der Waals surface area (Å²) >= 11 is 0. The maximum atomic E-state index is 12.0. The van der Waals surface area contributed by atoms with Gasteiger partial charge >= 0.3 is 5.63 Å². The van der Waals surface area contributed by atoms with Gasteiger partial charge in [-0.15, -0.1) is 0 Å². The molecule has 0 atom stereocenters. The summed E-state index contributed by atoms with van der Waals surface area (Å²) in [5, 5.41) is 0.718. The van der Waals surface area contributed by atoms with Gasteiger partial charge < -0.3 is 29.3 Å². The monoisotopic (exact) mass is 416 g/mol. The molecule has 2 saturated heterocycles. The van der Waals surface area contributed by atoms with E-state index in [1.54, 1.807) is 18.2 Å². The fourth-order valence-corrected chi connectivity index (χ4v) is 4.10. The first kappa shape index (κ1) is 20.8. The number of hydrogen-bond donors (Lipinski definition) is 1. The summed E-state index contributed by atoms with van der Waals surface area (Å²) in [7, 11) is 0. The van der Waals surface area contributed by atoms with Crippen LogP contribution in [-0.4, -0.2) is 57.6 Å². The van der Waals surface area contributed by atoms with Gasteiger partial charge in [-0.05, 0) is 43.9 Å². The van der Waals surface area contributed by atoms with Crippen molar-refractivity contribution in [1.29, 1.82) is 0 Å². The van der Waals surface area contributed by atoms with Crippen molar-refractivity contribution < 1.29 is 23.4 Å². The van der Waals surface area contributed by atoms with Crippen molar-refractivity contribution in [3.8, 4) is 0 Å². The summed E-state index contributed by atoms with van der Waals surface area (Å²) in [6.07, 6.45) is 4.08. The Bertz CT molecular complexity index is 929. The van der Waals surface area contributed by atoms with E-state index in [0.29, 0.717) is 24.4 Å². The molecule has 162 valence electrons. The van der Waals surface area contributed by atoms with Crippen LogP contribution in [0.15, 0.2) is 33.5 Å². The molecule has 1 amide bonds. The standard InChI is InChI=1S/C22H28N2O6/c23-22(26)15-1-2-20-18(13-15)19(14-21(25)30-20)24-7-3-16(4-8-24)28-11-12-29-17-5-9-27-10-6-17/h1-2,13-14,16-17H,3-12H2,(H2,23,26). The van der Waals surface area contributed by atoms with Crippen LogP contribution in [0.5, 0.6) is 0 Å². The predicted molar refractivity (Wildman–Crippen MR) is 112 cm³/mol. The number of ether oxygens (including phenoxy) is 3. The first-order valence-corrected chi connectivity index (χ1v) is 10.5. The van der Waals surface area contributed by atoms with Crippen molar-refractivity contribution in [2.45, 2.75) is 37.9 Å². The summed E-state index contributed by atoms with van der Waals surface area (Å²) in [6, 6.07) is 6.36. The molecule has 4 rings (SSSR count). The molecule has 0 bridgehead atoms. The minimum atomic E-state index is -0.510. The van der Waals surface area contributed by atoms with Gasteiger partial charge in [0.15, 0.2) is 0 Å². The Labute approximate surface area is 174 Å². The highest BCUT2D eigenvalue weighted by Crippen LogP contribution is 2.29. The van der Waals surface area contributed by atoms with Crippen molar-refractivity contribution in [3.63, 3.8) is 0 Å². The predicted octanol–water partition coefficient (Wildman–Crippen LogP) is 2.07. The molecule has 0 unspecified atom stereocenters. The Kier molecular flexibility index (Phi) is 6.66. The number of carbonyl (C=O) groups is 1. The molecule has 0 radical (unpaired) electrons. The maximum absolute atomic E-state index is 12.0. The molecule has 2 N–H and O–H groups in total. The number of carbonyl (C=O) groups excluding carboxylic acids is 1. The number of rotatable bonds is 7. The minimum Gasteiger partial charge on any atom is -0.423 e. The lowest BCUT2D eigenvalue weighted by molar-refractivity contribution is -0.0625. The molecule has 0 aliphatic carbocycles. The van der Waals surface area contributed by atoms with E-state index in [9.17, 15) is 9.59 Å². The summed E-state index contributed by atoms with van der Waals surface area (Å²) < 4.78 is 22.5. The van der Waals surface area contributed by atoms with Gasteiger partial charge in [0.25, 0.3) is 0 Å². The molecule has 2 aliphatic heterocycles. The van der Waals surface area contributed by atoms with Crippen LogP contribution in [0.4, 0.5) is 5.69 Å². The highest BCUT2D eigenvalue weighted by atomic mass is 16.5. The molecule has 1 aromatic heterocycles. The van der Waals surface area contributed by atoms with E-state index in [-0.39, 0.29) is 12.2 Å². The molecule has 8 nitrogen and oxygen atoms in total. The first-order valence-electron chi connectivity index (χ1n) is 10.5. The van der Waals surface area contributed by atoms with Crippen molar-refractivity contribution in [2.75, 3.05) is 44.4 Å². The van der Waals surface area contributed by atoms with Crippen molar-refractivity contribution in [1.82, 2.24) is 0 Å². The molecule has 0 spiro atoms. The second-order valence-corrected chi connectivity index (χ2v) is 7.77. The van der Waals surface area contributed by atoms with Crippen LogP contribution in [-0.2, 0) is 14.2 Å². The molecule has 2 aromatic rings. The normalized spacial score (nSPS) is 18.7. The van der Waals surface area contributed by atoms with Gasteiger partial charge in [-0.3, -0.25) is 4.79 Å². The second kappa shape index (κ2) is 9.59. The fourth-order valence-electron chi connectivity index (χ4n) is 4.10. The third kappa shape index (κ3) is 5.00. The number of anilines is 1. The summed E-state index contributed by atoms with van der Waals surface area (Å²) in [6.45, 7) is 4.25. The largest absolute Gasteiger partial charge is 0.423 e. The van der Waals surface area contributed by atoms with Crippen LogP contribution in [0.1, 0.15) is 36.0 Å². The van der Waals surface area contributed by atoms with Crippen molar-refractivity contribution >= 4 is 22.6 Å². The van der Waals surface area contributed by atoms with Gasteiger partial charge in [-0.1, -0.05) is 0 Å². The number of primary amides is 1. The zero-order chi connectivity index (χ0) is 20.9. The third-order valence-corrected chi connectivity index (χ3v) is 5.75. The van der Waals surface area contributed by atoms with Crippen LogP contribution < -0.4 is 16.3 Å². The average Bonchev–Trinajstić information content (AvgIpc) is 2.77. The Morgan fingerprint density at radius 2 is 1.70 bits per heavy atom. The second-order valence-electron chi connectivity index (χ2n) is 7.77. The summed E-state index contributed by atoms with van der Waals surface area (Å²) in [5.41, 5.74) is 6.61. The Morgan fingerprint density at radius 3 is 2.37 bits per heavy atom. The summed E-state index contributed by atoms with van der Waals surface area (Å²) in [4.78, 5) is 25.7. The van der Waals surface area contributed by atoms with Crippen LogP contribution in [0.25, 0.3) is 11.0 Å². The van der Waals surface area contributed by atoms with Gasteiger partial charge in [-0.2, -0.15) is 0 Å². The Morgan fingerprint density at radius 1 is 1.03 bits per heavy atom. The lowest BCUT2D eigenvalue weighted by Crippen LogP contribution is -2.38. The molecule has 1 aromatic carbocycles. The highest BCUT2D eigenvalue weighted by molar-refractivity contribution is 5.99. The zero-order valence-corrected chi connectivity index (χ0v) is 17.0.